The Balaban J connectivity index is 1.43. The molecule has 2 aliphatic heterocycles. The summed E-state index contributed by atoms with van der Waals surface area (Å²) < 4.78 is 10.8. The van der Waals surface area contributed by atoms with Gasteiger partial charge in [0.2, 0.25) is 12.7 Å². The molecule has 0 radical (unpaired) electrons. The van der Waals surface area contributed by atoms with E-state index in [4.69, 9.17) is 32.7 Å². The molecule has 2 amide bonds. The van der Waals surface area contributed by atoms with E-state index >= 15 is 0 Å². The van der Waals surface area contributed by atoms with Gasteiger partial charge in [0.05, 0.1) is 6.04 Å². The Kier molecular flexibility index (Phi) is 7.42. The second kappa shape index (κ2) is 10.7. The molecule has 2 aliphatic rings. The fraction of sp³-hybridized carbons (Fsp3) is 0.333. The largest absolute Gasteiger partial charge is 0.454 e. The van der Waals surface area contributed by atoms with Crippen molar-refractivity contribution in [3.8, 4) is 11.5 Å². The lowest BCUT2D eigenvalue weighted by molar-refractivity contribution is -0.134. The molecule has 1 aromatic heterocycles. The average Bonchev–Trinajstić information content (AvgIpc) is 3.54. The second-order valence-corrected chi connectivity index (χ2v) is 10.7. The van der Waals surface area contributed by atoms with Crippen LogP contribution in [0.3, 0.4) is 0 Å². The normalized spacial score (nSPS) is 16.1. The maximum absolute atomic E-state index is 13.8. The van der Waals surface area contributed by atoms with Crippen molar-refractivity contribution in [1.29, 1.82) is 0 Å². The Labute approximate surface area is 224 Å². The van der Waals surface area contributed by atoms with Crippen LogP contribution in [0.5, 0.6) is 11.5 Å². The monoisotopic (exact) mass is 544 g/mol. The number of carbonyl (C=O) groups is 2. The molecule has 2 aromatic carbocycles. The van der Waals surface area contributed by atoms with E-state index in [0.29, 0.717) is 40.2 Å². The van der Waals surface area contributed by atoms with Crippen molar-refractivity contribution in [2.75, 3.05) is 26.4 Å². The lowest BCUT2D eigenvalue weighted by atomic mass is 9.93. The third-order valence-corrected chi connectivity index (χ3v) is 8.12. The Hall–Kier alpha value is -2.74. The molecule has 9 heteroatoms. The number of amides is 2. The lowest BCUT2D eigenvalue weighted by Gasteiger charge is -2.38. The molecule has 1 atom stereocenters. The summed E-state index contributed by atoms with van der Waals surface area (Å²) in [6.07, 6.45) is 2.47. The van der Waals surface area contributed by atoms with Crippen molar-refractivity contribution in [2.45, 2.75) is 32.2 Å². The molecular weight excluding hydrogens is 519 g/mol. The van der Waals surface area contributed by atoms with Crippen molar-refractivity contribution in [3.63, 3.8) is 0 Å². The summed E-state index contributed by atoms with van der Waals surface area (Å²) in [5.41, 5.74) is 2.38. The van der Waals surface area contributed by atoms with Crippen LogP contribution in [0.15, 0.2) is 47.8 Å². The van der Waals surface area contributed by atoms with Crippen LogP contribution >= 0.6 is 34.5 Å². The second-order valence-electron chi connectivity index (χ2n) is 8.85. The minimum atomic E-state index is -0.328. The van der Waals surface area contributed by atoms with Crippen molar-refractivity contribution >= 4 is 46.4 Å². The SMILES string of the molecule is CCCCN(CC(=O)N1CCc2sccc2C1c1ccc(Cl)cc1Cl)C(=O)c1ccc2c(c1)OCO2. The highest BCUT2D eigenvalue weighted by molar-refractivity contribution is 7.10. The van der Waals surface area contributed by atoms with Gasteiger partial charge in [-0.05, 0) is 65.7 Å². The van der Waals surface area contributed by atoms with E-state index in [2.05, 4.69) is 13.0 Å². The highest BCUT2D eigenvalue weighted by Gasteiger charge is 2.35. The molecule has 3 aromatic rings. The van der Waals surface area contributed by atoms with Crippen LogP contribution in [0.2, 0.25) is 10.0 Å². The topological polar surface area (TPSA) is 59.1 Å². The summed E-state index contributed by atoms with van der Waals surface area (Å²) in [7, 11) is 0. The summed E-state index contributed by atoms with van der Waals surface area (Å²) in [6.45, 7) is 3.22. The molecule has 0 aliphatic carbocycles. The first-order valence-electron chi connectivity index (χ1n) is 12.0. The minimum Gasteiger partial charge on any atom is -0.454 e. The third kappa shape index (κ3) is 4.92. The first kappa shape index (κ1) is 24.9. The molecular formula is C27H26Cl2N2O4S. The van der Waals surface area contributed by atoms with Crippen LogP contribution in [0.25, 0.3) is 0 Å². The molecule has 36 heavy (non-hydrogen) atoms. The zero-order valence-corrected chi connectivity index (χ0v) is 22.2. The van der Waals surface area contributed by atoms with Crippen molar-refractivity contribution in [1.82, 2.24) is 9.80 Å². The number of benzene rings is 2. The Bertz CT molecular complexity index is 1290. The zero-order valence-electron chi connectivity index (χ0n) is 19.8. The number of fused-ring (bicyclic) bond motifs is 2. The quantitative estimate of drug-likeness (QED) is 0.355. The van der Waals surface area contributed by atoms with Crippen LogP contribution < -0.4 is 9.47 Å². The molecule has 0 N–H and O–H groups in total. The van der Waals surface area contributed by atoms with Gasteiger partial charge in [-0.15, -0.1) is 11.3 Å². The van der Waals surface area contributed by atoms with Crippen LogP contribution in [-0.4, -0.2) is 48.0 Å². The number of hydrogen-bond donors (Lipinski definition) is 0. The van der Waals surface area contributed by atoms with E-state index < -0.39 is 0 Å². The van der Waals surface area contributed by atoms with E-state index in [-0.39, 0.29) is 31.2 Å². The molecule has 0 saturated carbocycles. The predicted molar refractivity (Wildman–Crippen MR) is 141 cm³/mol. The van der Waals surface area contributed by atoms with Crippen LogP contribution in [0.1, 0.15) is 52.2 Å². The van der Waals surface area contributed by atoms with E-state index in [1.807, 2.05) is 16.3 Å². The van der Waals surface area contributed by atoms with Crippen molar-refractivity contribution < 1.29 is 19.1 Å². The molecule has 6 nitrogen and oxygen atoms in total. The molecule has 3 heterocycles. The Morgan fingerprint density at radius 3 is 2.72 bits per heavy atom. The van der Waals surface area contributed by atoms with E-state index in [0.717, 1.165) is 30.4 Å². The van der Waals surface area contributed by atoms with Gasteiger partial charge in [-0.3, -0.25) is 9.59 Å². The maximum atomic E-state index is 13.8. The fourth-order valence-corrected chi connectivity index (χ4v) is 6.13. The van der Waals surface area contributed by atoms with Gasteiger partial charge in [-0.1, -0.05) is 42.6 Å². The summed E-state index contributed by atoms with van der Waals surface area (Å²) in [5.74, 6) is 0.837. The third-order valence-electron chi connectivity index (χ3n) is 6.56. The number of ether oxygens (including phenoxy) is 2. The van der Waals surface area contributed by atoms with Gasteiger partial charge < -0.3 is 19.3 Å². The van der Waals surface area contributed by atoms with Gasteiger partial charge in [-0.2, -0.15) is 0 Å². The number of thiophene rings is 1. The summed E-state index contributed by atoms with van der Waals surface area (Å²) in [5, 5.41) is 3.11. The number of nitrogens with zero attached hydrogens (tertiary/aromatic N) is 2. The summed E-state index contributed by atoms with van der Waals surface area (Å²) in [6, 6.07) is 12.2. The van der Waals surface area contributed by atoms with Crippen LogP contribution in [0.4, 0.5) is 0 Å². The van der Waals surface area contributed by atoms with Gasteiger partial charge in [-0.25, -0.2) is 0 Å². The average molecular weight is 545 g/mol. The van der Waals surface area contributed by atoms with Gasteiger partial charge in [0.1, 0.15) is 6.54 Å². The first-order valence-corrected chi connectivity index (χ1v) is 13.6. The molecule has 0 bridgehead atoms. The molecule has 0 spiro atoms. The number of hydrogen-bond acceptors (Lipinski definition) is 5. The Morgan fingerprint density at radius 1 is 1.08 bits per heavy atom. The van der Waals surface area contributed by atoms with Gasteiger partial charge >= 0.3 is 0 Å². The van der Waals surface area contributed by atoms with E-state index in [1.54, 1.807) is 46.6 Å². The number of rotatable bonds is 7. The Morgan fingerprint density at radius 2 is 1.92 bits per heavy atom. The van der Waals surface area contributed by atoms with Gasteiger partial charge in [0.15, 0.2) is 11.5 Å². The maximum Gasteiger partial charge on any atom is 0.254 e. The lowest BCUT2D eigenvalue weighted by Crippen LogP contribution is -2.47. The minimum absolute atomic E-state index is 0.0194. The number of carbonyl (C=O) groups excluding carboxylic acids is 2. The fourth-order valence-electron chi connectivity index (χ4n) is 4.71. The zero-order chi connectivity index (χ0) is 25.2. The first-order chi connectivity index (χ1) is 17.5. The van der Waals surface area contributed by atoms with Crippen LogP contribution in [0, 0.1) is 0 Å². The van der Waals surface area contributed by atoms with E-state index in [9.17, 15) is 9.59 Å². The standard InChI is InChI=1S/C27H26Cl2N2O4S/c1-2-3-10-30(27(33)17-4-7-22-23(13-17)35-16-34-22)15-25(32)31-11-8-24-20(9-12-36-24)26(31)19-6-5-18(28)14-21(19)29/h4-7,9,12-14,26H,2-3,8,10-11,15-16H2,1H3. The van der Waals surface area contributed by atoms with Crippen molar-refractivity contribution in [3.05, 3.63) is 79.5 Å². The highest BCUT2D eigenvalue weighted by atomic mass is 35.5. The summed E-state index contributed by atoms with van der Waals surface area (Å²) in [4.78, 5) is 32.0. The summed E-state index contributed by atoms with van der Waals surface area (Å²) >= 11 is 14.5. The molecule has 5 rings (SSSR count). The van der Waals surface area contributed by atoms with Gasteiger partial charge in [0, 0.05) is 33.6 Å². The molecule has 1 unspecified atom stereocenters. The molecule has 0 saturated heterocycles. The van der Waals surface area contributed by atoms with Gasteiger partial charge in [0.25, 0.3) is 5.91 Å². The van der Waals surface area contributed by atoms with Crippen LogP contribution in [-0.2, 0) is 11.2 Å². The van der Waals surface area contributed by atoms with Crippen molar-refractivity contribution in [2.24, 2.45) is 0 Å². The number of halogens is 2. The van der Waals surface area contributed by atoms with E-state index in [1.165, 1.54) is 4.88 Å². The number of unbranched alkanes of at least 4 members (excludes halogenated alkanes) is 1. The smallest absolute Gasteiger partial charge is 0.254 e. The molecule has 0 fully saturated rings. The predicted octanol–water partition coefficient (Wildman–Crippen LogP) is 6.20. The molecule has 188 valence electrons. The highest BCUT2D eigenvalue weighted by Crippen LogP contribution is 2.41.